The van der Waals surface area contributed by atoms with Gasteiger partial charge in [-0.1, -0.05) is 17.7 Å². The lowest BCUT2D eigenvalue weighted by atomic mass is 9.97. The Balaban J connectivity index is 2.50. The number of halogens is 3. The Labute approximate surface area is 121 Å². The number of nitrogens with two attached hydrogens (primary N) is 1. The molecular formula is C15H14ClF2NO. The second kappa shape index (κ2) is 5.77. The second-order valence-electron chi connectivity index (χ2n) is 4.54. The average Bonchev–Trinajstić information content (AvgIpc) is 2.36. The van der Waals surface area contributed by atoms with Gasteiger partial charge in [0.25, 0.3) is 0 Å². The Bertz CT molecular complexity index is 603. The quantitative estimate of drug-likeness (QED) is 0.930. The van der Waals surface area contributed by atoms with Crippen LogP contribution >= 0.6 is 11.6 Å². The van der Waals surface area contributed by atoms with Gasteiger partial charge in [-0.25, -0.2) is 8.78 Å². The molecule has 2 nitrogen and oxygen atoms in total. The Morgan fingerprint density at radius 3 is 2.20 bits per heavy atom. The van der Waals surface area contributed by atoms with E-state index in [0.717, 1.165) is 17.7 Å². The summed E-state index contributed by atoms with van der Waals surface area (Å²) in [6, 6.07) is 6.38. The van der Waals surface area contributed by atoms with Crippen LogP contribution in [-0.2, 0) is 0 Å². The number of rotatable bonds is 3. The van der Waals surface area contributed by atoms with E-state index in [2.05, 4.69) is 0 Å². The summed E-state index contributed by atoms with van der Waals surface area (Å²) < 4.78 is 32.8. The highest BCUT2D eigenvalue weighted by Crippen LogP contribution is 2.30. The van der Waals surface area contributed by atoms with Gasteiger partial charge in [0.2, 0.25) is 0 Å². The molecule has 0 bridgehead atoms. The third-order valence-electron chi connectivity index (χ3n) is 3.02. The molecule has 0 radical (unpaired) electrons. The van der Waals surface area contributed by atoms with E-state index in [1.165, 1.54) is 7.11 Å². The van der Waals surface area contributed by atoms with Gasteiger partial charge in [-0.15, -0.1) is 0 Å². The van der Waals surface area contributed by atoms with Crippen molar-refractivity contribution in [1.82, 2.24) is 0 Å². The summed E-state index contributed by atoms with van der Waals surface area (Å²) in [7, 11) is 1.34. The van der Waals surface area contributed by atoms with Crippen LogP contribution in [0.2, 0.25) is 5.02 Å². The first-order valence-electron chi connectivity index (χ1n) is 5.98. The molecule has 2 N–H and O–H groups in total. The zero-order valence-corrected chi connectivity index (χ0v) is 11.8. The molecule has 0 aliphatic rings. The second-order valence-corrected chi connectivity index (χ2v) is 4.98. The molecular weight excluding hydrogens is 284 g/mol. The molecule has 0 spiro atoms. The van der Waals surface area contributed by atoms with Crippen LogP contribution in [0.15, 0.2) is 30.3 Å². The van der Waals surface area contributed by atoms with Gasteiger partial charge in [-0.3, -0.25) is 0 Å². The molecule has 0 aliphatic carbocycles. The molecule has 0 saturated carbocycles. The van der Waals surface area contributed by atoms with Gasteiger partial charge in [0.05, 0.1) is 13.2 Å². The summed E-state index contributed by atoms with van der Waals surface area (Å²) in [5.41, 5.74) is 7.19. The maximum Gasteiger partial charge on any atom is 0.134 e. The first kappa shape index (κ1) is 14.8. The van der Waals surface area contributed by atoms with Crippen molar-refractivity contribution in [2.24, 2.45) is 5.73 Å². The highest BCUT2D eigenvalue weighted by molar-refractivity contribution is 6.30. The molecule has 20 heavy (non-hydrogen) atoms. The van der Waals surface area contributed by atoms with Crippen LogP contribution in [0.1, 0.15) is 22.7 Å². The summed E-state index contributed by atoms with van der Waals surface area (Å²) in [5, 5.41) is 0.477. The third-order valence-corrected chi connectivity index (χ3v) is 3.24. The first-order valence-corrected chi connectivity index (χ1v) is 6.35. The van der Waals surface area contributed by atoms with Gasteiger partial charge in [0.15, 0.2) is 0 Å². The molecule has 1 atom stereocenters. The third kappa shape index (κ3) is 2.92. The van der Waals surface area contributed by atoms with E-state index < -0.39 is 17.7 Å². The van der Waals surface area contributed by atoms with E-state index in [4.69, 9.17) is 22.1 Å². The van der Waals surface area contributed by atoms with Crippen molar-refractivity contribution in [2.75, 3.05) is 7.11 Å². The lowest BCUT2D eigenvalue weighted by molar-refractivity contribution is 0.404. The molecule has 0 heterocycles. The van der Waals surface area contributed by atoms with Crippen LogP contribution in [0.25, 0.3) is 0 Å². The normalized spacial score (nSPS) is 12.3. The fourth-order valence-corrected chi connectivity index (χ4v) is 2.38. The molecule has 0 fully saturated rings. The van der Waals surface area contributed by atoms with Gasteiger partial charge >= 0.3 is 0 Å². The predicted molar refractivity (Wildman–Crippen MR) is 75.1 cm³/mol. The predicted octanol–water partition coefficient (Wildman–Crippen LogP) is 3.98. The summed E-state index contributed by atoms with van der Waals surface area (Å²) in [6.07, 6.45) is 0. The van der Waals surface area contributed by atoms with Crippen molar-refractivity contribution in [3.05, 3.63) is 63.7 Å². The largest absolute Gasteiger partial charge is 0.497 e. The maximum absolute atomic E-state index is 14.0. The zero-order chi connectivity index (χ0) is 14.9. The van der Waals surface area contributed by atoms with Crippen LogP contribution in [0.4, 0.5) is 8.78 Å². The van der Waals surface area contributed by atoms with E-state index in [-0.39, 0.29) is 11.3 Å². The van der Waals surface area contributed by atoms with Crippen molar-refractivity contribution in [3.63, 3.8) is 0 Å². The van der Waals surface area contributed by atoms with Crippen molar-refractivity contribution in [2.45, 2.75) is 13.0 Å². The smallest absolute Gasteiger partial charge is 0.134 e. The first-order chi connectivity index (χ1) is 9.42. The Morgan fingerprint density at radius 1 is 1.10 bits per heavy atom. The zero-order valence-electron chi connectivity index (χ0n) is 11.1. The van der Waals surface area contributed by atoms with Crippen LogP contribution in [0.3, 0.4) is 0 Å². The minimum atomic E-state index is -0.932. The van der Waals surface area contributed by atoms with Gasteiger partial charge in [-0.05, 0) is 30.2 Å². The molecule has 0 amide bonds. The lowest BCUT2D eigenvalue weighted by Crippen LogP contribution is -2.16. The number of hydrogen-bond acceptors (Lipinski definition) is 2. The molecule has 0 saturated heterocycles. The molecule has 2 aromatic rings. The summed E-state index contributed by atoms with van der Waals surface area (Å²) in [4.78, 5) is 0. The maximum atomic E-state index is 14.0. The Morgan fingerprint density at radius 2 is 1.70 bits per heavy atom. The Kier molecular flexibility index (Phi) is 4.26. The summed E-state index contributed by atoms with van der Waals surface area (Å²) in [6.45, 7) is 1.84. The van der Waals surface area contributed by atoms with E-state index in [0.29, 0.717) is 10.6 Å². The number of hydrogen-bond donors (Lipinski definition) is 1. The van der Waals surface area contributed by atoms with Crippen molar-refractivity contribution in [1.29, 1.82) is 0 Å². The minimum Gasteiger partial charge on any atom is -0.497 e. The van der Waals surface area contributed by atoms with Gasteiger partial charge < -0.3 is 10.5 Å². The minimum absolute atomic E-state index is 0.109. The topological polar surface area (TPSA) is 35.2 Å². The van der Waals surface area contributed by atoms with E-state index in [1.54, 1.807) is 18.2 Å². The molecule has 2 rings (SSSR count). The molecule has 0 aliphatic heterocycles. The number of methoxy groups -OCH3 is 1. The fraction of sp³-hybridized carbons (Fsp3) is 0.200. The van der Waals surface area contributed by atoms with Crippen LogP contribution in [0.5, 0.6) is 5.75 Å². The number of ether oxygens (including phenoxy) is 1. The SMILES string of the molecule is COc1cc(F)c(C(N)c2cc(C)cc(Cl)c2)c(F)c1. The summed E-state index contributed by atoms with van der Waals surface area (Å²) >= 11 is 5.95. The standard InChI is InChI=1S/C15H14ClF2NO/c1-8-3-9(5-10(16)4-8)15(19)14-12(17)6-11(20-2)7-13(14)18/h3-7,15H,19H2,1-2H3. The van der Waals surface area contributed by atoms with Crippen LogP contribution in [-0.4, -0.2) is 7.11 Å². The molecule has 5 heteroatoms. The number of aryl methyl sites for hydroxylation is 1. The average molecular weight is 298 g/mol. The molecule has 2 aromatic carbocycles. The molecule has 1 unspecified atom stereocenters. The van der Waals surface area contributed by atoms with Crippen molar-refractivity contribution in [3.8, 4) is 5.75 Å². The molecule has 106 valence electrons. The monoisotopic (exact) mass is 297 g/mol. The van der Waals surface area contributed by atoms with Crippen molar-refractivity contribution < 1.29 is 13.5 Å². The highest BCUT2D eigenvalue weighted by Gasteiger charge is 2.20. The molecule has 0 aromatic heterocycles. The lowest BCUT2D eigenvalue weighted by Gasteiger charge is -2.16. The number of benzene rings is 2. The Hall–Kier alpha value is -1.65. The summed E-state index contributed by atoms with van der Waals surface area (Å²) in [5.74, 6) is -1.38. The van der Waals surface area contributed by atoms with Gasteiger partial charge in [0, 0.05) is 22.7 Å². The van der Waals surface area contributed by atoms with Gasteiger partial charge in [-0.2, -0.15) is 0 Å². The van der Waals surface area contributed by atoms with Crippen molar-refractivity contribution >= 4 is 11.6 Å². The van der Waals surface area contributed by atoms with E-state index in [9.17, 15) is 8.78 Å². The fourth-order valence-electron chi connectivity index (χ4n) is 2.09. The van der Waals surface area contributed by atoms with Crippen LogP contribution in [0, 0.1) is 18.6 Å². The van der Waals surface area contributed by atoms with Crippen LogP contribution < -0.4 is 10.5 Å². The van der Waals surface area contributed by atoms with E-state index in [1.807, 2.05) is 6.92 Å². The van der Waals surface area contributed by atoms with Gasteiger partial charge in [0.1, 0.15) is 17.4 Å². The highest BCUT2D eigenvalue weighted by atomic mass is 35.5. The van der Waals surface area contributed by atoms with E-state index >= 15 is 0 Å².